The predicted molar refractivity (Wildman–Crippen MR) is 59.5 cm³/mol. The Morgan fingerprint density at radius 3 is 2.56 bits per heavy atom. The number of ether oxygens (including phenoxy) is 1. The van der Waals surface area contributed by atoms with Crippen LogP contribution in [0.5, 0.6) is 0 Å². The van der Waals surface area contributed by atoms with Crippen molar-refractivity contribution in [2.45, 2.75) is 25.1 Å². The Labute approximate surface area is 107 Å². The van der Waals surface area contributed by atoms with Gasteiger partial charge in [-0.1, -0.05) is 0 Å². The fourth-order valence-corrected chi connectivity index (χ4v) is 1.87. The van der Waals surface area contributed by atoms with Crippen LogP contribution in [0.2, 0.25) is 5.28 Å². The van der Waals surface area contributed by atoms with E-state index in [1.807, 2.05) is 0 Å². The molecule has 1 fully saturated rings. The molecule has 1 N–H and O–H groups in total. The Morgan fingerprint density at radius 2 is 1.94 bits per heavy atom. The minimum atomic E-state index is -4.53. The summed E-state index contributed by atoms with van der Waals surface area (Å²) < 4.78 is 42.7. The van der Waals surface area contributed by atoms with Gasteiger partial charge < -0.3 is 10.1 Å². The first-order valence-electron chi connectivity index (χ1n) is 5.41. The van der Waals surface area contributed by atoms with Gasteiger partial charge in [-0.3, -0.25) is 0 Å². The quantitative estimate of drug-likeness (QED) is 0.847. The molecule has 0 unspecified atom stereocenters. The highest BCUT2D eigenvalue weighted by atomic mass is 35.5. The van der Waals surface area contributed by atoms with Crippen LogP contribution < -0.4 is 5.32 Å². The fraction of sp³-hybridized carbons (Fsp3) is 0.600. The third-order valence-corrected chi connectivity index (χ3v) is 2.73. The van der Waals surface area contributed by atoms with Gasteiger partial charge in [0, 0.05) is 25.3 Å². The highest BCUT2D eigenvalue weighted by Gasteiger charge is 2.33. The van der Waals surface area contributed by atoms with Gasteiger partial charge in [0.1, 0.15) is 5.82 Å². The molecule has 1 aliphatic rings. The number of hydrogen-bond donors (Lipinski definition) is 1. The first-order chi connectivity index (χ1) is 8.45. The molecule has 1 aromatic heterocycles. The molecular weight excluding hydrogens is 271 g/mol. The smallest absolute Gasteiger partial charge is 0.381 e. The normalized spacial score (nSPS) is 17.8. The van der Waals surface area contributed by atoms with Gasteiger partial charge in [-0.15, -0.1) is 0 Å². The van der Waals surface area contributed by atoms with Crippen LogP contribution in [0.25, 0.3) is 0 Å². The highest BCUT2D eigenvalue weighted by Crippen LogP contribution is 2.30. The second-order valence-electron chi connectivity index (χ2n) is 3.94. The standard InChI is InChI=1S/C10H11ClF3N3O/c11-9-16-7(10(12,13)14)5-8(17-9)15-6-1-3-18-4-2-6/h5-6H,1-4H2,(H,15,16,17). The topological polar surface area (TPSA) is 47.0 Å². The van der Waals surface area contributed by atoms with E-state index in [-0.39, 0.29) is 11.9 Å². The van der Waals surface area contributed by atoms with Crippen LogP contribution >= 0.6 is 11.6 Å². The van der Waals surface area contributed by atoms with Gasteiger partial charge in [0.15, 0.2) is 5.69 Å². The Morgan fingerprint density at radius 1 is 1.28 bits per heavy atom. The zero-order valence-electron chi connectivity index (χ0n) is 9.30. The summed E-state index contributed by atoms with van der Waals surface area (Å²) in [4.78, 5) is 6.91. The lowest BCUT2D eigenvalue weighted by atomic mass is 10.1. The van der Waals surface area contributed by atoms with Crippen molar-refractivity contribution in [1.29, 1.82) is 0 Å². The van der Waals surface area contributed by atoms with Gasteiger partial charge in [-0.2, -0.15) is 13.2 Å². The molecule has 0 saturated carbocycles. The van der Waals surface area contributed by atoms with Gasteiger partial charge >= 0.3 is 6.18 Å². The summed E-state index contributed by atoms with van der Waals surface area (Å²) in [6.07, 6.45) is -3.08. The van der Waals surface area contributed by atoms with E-state index in [1.54, 1.807) is 0 Å². The highest BCUT2D eigenvalue weighted by molar-refractivity contribution is 6.28. The largest absolute Gasteiger partial charge is 0.433 e. The molecule has 1 saturated heterocycles. The number of halogens is 4. The maximum absolute atomic E-state index is 12.5. The van der Waals surface area contributed by atoms with E-state index in [1.165, 1.54) is 0 Å². The Kier molecular flexibility index (Phi) is 3.91. The summed E-state index contributed by atoms with van der Waals surface area (Å²) in [7, 11) is 0. The van der Waals surface area contributed by atoms with Gasteiger partial charge in [0.05, 0.1) is 0 Å². The minimum absolute atomic E-state index is 0.0470. The molecule has 0 radical (unpaired) electrons. The van der Waals surface area contributed by atoms with E-state index in [2.05, 4.69) is 15.3 Å². The fourth-order valence-electron chi connectivity index (χ4n) is 1.69. The zero-order valence-corrected chi connectivity index (χ0v) is 10.1. The van der Waals surface area contributed by atoms with Crippen LogP contribution in [0.3, 0.4) is 0 Å². The lowest BCUT2D eigenvalue weighted by molar-refractivity contribution is -0.141. The van der Waals surface area contributed by atoms with Gasteiger partial charge in [-0.25, -0.2) is 9.97 Å². The van der Waals surface area contributed by atoms with Crippen molar-refractivity contribution < 1.29 is 17.9 Å². The van der Waals surface area contributed by atoms with Crippen molar-refractivity contribution in [2.75, 3.05) is 18.5 Å². The minimum Gasteiger partial charge on any atom is -0.381 e. The maximum atomic E-state index is 12.5. The summed E-state index contributed by atoms with van der Waals surface area (Å²) >= 11 is 5.49. The molecule has 1 aliphatic heterocycles. The Bertz CT molecular complexity index is 421. The van der Waals surface area contributed by atoms with Crippen molar-refractivity contribution in [3.05, 3.63) is 17.0 Å². The van der Waals surface area contributed by atoms with E-state index in [0.29, 0.717) is 13.2 Å². The van der Waals surface area contributed by atoms with Crippen molar-refractivity contribution in [1.82, 2.24) is 9.97 Å². The number of rotatable bonds is 2. The molecule has 2 rings (SSSR count). The summed E-state index contributed by atoms with van der Waals surface area (Å²) in [6, 6.07) is 0.909. The molecule has 0 aromatic carbocycles. The number of anilines is 1. The SMILES string of the molecule is FC(F)(F)c1cc(NC2CCOCC2)nc(Cl)n1. The predicted octanol–water partition coefficient (Wildman–Crippen LogP) is 2.74. The lowest BCUT2D eigenvalue weighted by Gasteiger charge is -2.23. The van der Waals surface area contributed by atoms with E-state index >= 15 is 0 Å². The molecule has 0 aliphatic carbocycles. The molecule has 100 valence electrons. The number of hydrogen-bond acceptors (Lipinski definition) is 4. The molecule has 0 bridgehead atoms. The molecule has 4 nitrogen and oxygen atoms in total. The maximum Gasteiger partial charge on any atom is 0.433 e. The van der Waals surface area contributed by atoms with Crippen LogP contribution in [0, 0.1) is 0 Å². The summed E-state index contributed by atoms with van der Waals surface area (Å²) in [5, 5.41) is 2.50. The van der Waals surface area contributed by atoms with E-state index in [9.17, 15) is 13.2 Å². The second-order valence-corrected chi connectivity index (χ2v) is 4.27. The lowest BCUT2D eigenvalue weighted by Crippen LogP contribution is -2.28. The number of nitrogens with one attached hydrogen (secondary N) is 1. The molecule has 2 heterocycles. The van der Waals surface area contributed by atoms with Crippen molar-refractivity contribution >= 4 is 17.4 Å². The van der Waals surface area contributed by atoms with Crippen LogP contribution in [0.4, 0.5) is 19.0 Å². The van der Waals surface area contributed by atoms with Gasteiger partial charge in [0.2, 0.25) is 5.28 Å². The van der Waals surface area contributed by atoms with Crippen molar-refractivity contribution in [2.24, 2.45) is 0 Å². The Balaban J connectivity index is 2.14. The molecule has 0 amide bonds. The summed E-state index contributed by atoms with van der Waals surface area (Å²) in [5.74, 6) is 0.0919. The average Bonchev–Trinajstić information content (AvgIpc) is 2.28. The van der Waals surface area contributed by atoms with Gasteiger partial charge in [0.25, 0.3) is 0 Å². The number of aromatic nitrogens is 2. The molecular formula is C10H11ClF3N3O. The van der Waals surface area contributed by atoms with Crippen LogP contribution in [0.15, 0.2) is 6.07 Å². The van der Waals surface area contributed by atoms with Crippen LogP contribution in [-0.2, 0) is 10.9 Å². The third kappa shape index (κ3) is 3.46. The van der Waals surface area contributed by atoms with E-state index in [0.717, 1.165) is 18.9 Å². The number of nitrogens with zero attached hydrogens (tertiary/aromatic N) is 2. The number of alkyl halides is 3. The molecule has 18 heavy (non-hydrogen) atoms. The zero-order chi connectivity index (χ0) is 13.2. The van der Waals surface area contributed by atoms with Crippen molar-refractivity contribution in [3.8, 4) is 0 Å². The first kappa shape index (κ1) is 13.4. The van der Waals surface area contributed by atoms with E-state index < -0.39 is 17.2 Å². The van der Waals surface area contributed by atoms with Gasteiger partial charge in [-0.05, 0) is 24.4 Å². The second kappa shape index (κ2) is 5.27. The van der Waals surface area contributed by atoms with Crippen molar-refractivity contribution in [3.63, 3.8) is 0 Å². The van der Waals surface area contributed by atoms with Crippen LogP contribution in [-0.4, -0.2) is 29.2 Å². The van der Waals surface area contributed by atoms with E-state index in [4.69, 9.17) is 16.3 Å². The third-order valence-electron chi connectivity index (χ3n) is 2.56. The molecule has 0 atom stereocenters. The Hall–Kier alpha value is -1.08. The summed E-state index contributed by atoms with van der Waals surface area (Å²) in [5.41, 5.74) is -1.04. The van der Waals surface area contributed by atoms with Crippen LogP contribution in [0.1, 0.15) is 18.5 Å². The molecule has 8 heteroatoms. The summed E-state index contributed by atoms with van der Waals surface area (Å²) in [6.45, 7) is 1.17. The average molecular weight is 282 g/mol. The molecule has 1 aromatic rings. The molecule has 0 spiro atoms. The first-order valence-corrected chi connectivity index (χ1v) is 5.79. The monoisotopic (exact) mass is 281 g/mol.